The lowest BCUT2D eigenvalue weighted by molar-refractivity contribution is -0.274. The van der Waals surface area contributed by atoms with E-state index in [4.69, 9.17) is 4.74 Å². The predicted molar refractivity (Wildman–Crippen MR) is 62.9 cm³/mol. The predicted octanol–water partition coefficient (Wildman–Crippen LogP) is 3.93. The number of alkyl halides is 3. The Balaban J connectivity index is 2.13. The minimum Gasteiger partial charge on any atom is -0.424 e. The molecule has 2 rings (SSSR count). The van der Waals surface area contributed by atoms with Crippen molar-refractivity contribution in [1.29, 1.82) is 0 Å². The van der Waals surface area contributed by atoms with Crippen molar-refractivity contribution in [3.8, 4) is 17.5 Å². The largest absolute Gasteiger partial charge is 0.573 e. The summed E-state index contributed by atoms with van der Waals surface area (Å²) >= 11 is 3.15. The van der Waals surface area contributed by atoms with E-state index in [0.29, 0.717) is 4.47 Å². The van der Waals surface area contributed by atoms with Crippen molar-refractivity contribution in [2.45, 2.75) is 6.36 Å². The summed E-state index contributed by atoms with van der Waals surface area (Å²) in [5.41, 5.74) is 0. The fraction of sp³-hybridized carbons (Fsp3) is 0.0909. The van der Waals surface area contributed by atoms with Gasteiger partial charge in [-0.3, -0.25) is 0 Å². The number of hydrogen-bond acceptors (Lipinski definition) is 4. The van der Waals surface area contributed by atoms with Gasteiger partial charge >= 0.3 is 12.4 Å². The quantitative estimate of drug-likeness (QED) is 0.853. The number of benzene rings is 1. The SMILES string of the molecule is FC(F)(F)Oc1cccc(Oc2ncc(Br)cn2)c1. The summed E-state index contributed by atoms with van der Waals surface area (Å²) in [6, 6.07) is 5.12. The molecule has 0 aliphatic rings. The Kier molecular flexibility index (Phi) is 3.89. The van der Waals surface area contributed by atoms with Crippen LogP contribution in [0.4, 0.5) is 13.2 Å². The van der Waals surface area contributed by atoms with E-state index in [2.05, 4.69) is 30.6 Å². The molecule has 8 heteroatoms. The monoisotopic (exact) mass is 334 g/mol. The van der Waals surface area contributed by atoms with Gasteiger partial charge in [0.05, 0.1) is 4.47 Å². The van der Waals surface area contributed by atoms with Gasteiger partial charge in [0, 0.05) is 18.5 Å². The molecular formula is C11H6BrF3N2O2. The van der Waals surface area contributed by atoms with Crippen molar-refractivity contribution in [1.82, 2.24) is 9.97 Å². The second kappa shape index (κ2) is 5.43. The van der Waals surface area contributed by atoms with Crippen LogP contribution in [0.1, 0.15) is 0 Å². The Morgan fingerprint density at radius 2 is 1.68 bits per heavy atom. The van der Waals surface area contributed by atoms with Gasteiger partial charge in [0.2, 0.25) is 0 Å². The zero-order valence-electron chi connectivity index (χ0n) is 9.19. The minimum absolute atomic E-state index is 0.0207. The van der Waals surface area contributed by atoms with Crippen LogP contribution in [0.2, 0.25) is 0 Å². The fourth-order valence-electron chi connectivity index (χ4n) is 1.19. The molecule has 0 fully saturated rings. The van der Waals surface area contributed by atoms with E-state index in [1.54, 1.807) is 0 Å². The van der Waals surface area contributed by atoms with E-state index in [9.17, 15) is 13.2 Å². The van der Waals surface area contributed by atoms with Crippen LogP contribution in [0.25, 0.3) is 0 Å². The fourth-order valence-corrected chi connectivity index (χ4v) is 1.40. The summed E-state index contributed by atoms with van der Waals surface area (Å²) in [4.78, 5) is 7.67. The first-order chi connectivity index (χ1) is 8.92. The third kappa shape index (κ3) is 4.40. The molecule has 0 aliphatic carbocycles. The molecule has 0 N–H and O–H groups in total. The normalized spacial score (nSPS) is 11.2. The number of ether oxygens (including phenoxy) is 2. The molecule has 0 amide bonds. The standard InChI is InChI=1S/C11H6BrF3N2O2/c12-7-5-16-10(17-6-7)18-8-2-1-3-9(4-8)19-11(13,14)15/h1-6H. The number of hydrogen-bond donors (Lipinski definition) is 0. The van der Waals surface area contributed by atoms with Gasteiger partial charge in [-0.05, 0) is 28.1 Å². The molecule has 1 aromatic heterocycles. The highest BCUT2D eigenvalue weighted by Crippen LogP contribution is 2.27. The molecule has 1 aromatic carbocycles. The molecule has 1 heterocycles. The van der Waals surface area contributed by atoms with Crippen molar-refractivity contribution < 1.29 is 22.6 Å². The van der Waals surface area contributed by atoms with E-state index in [0.717, 1.165) is 6.07 Å². The summed E-state index contributed by atoms with van der Waals surface area (Å²) in [6.07, 6.45) is -1.83. The molecule has 19 heavy (non-hydrogen) atoms. The summed E-state index contributed by atoms with van der Waals surface area (Å²) in [7, 11) is 0. The number of aromatic nitrogens is 2. The Bertz CT molecular complexity index is 561. The Hall–Kier alpha value is -1.83. The van der Waals surface area contributed by atoms with Gasteiger partial charge in [0.1, 0.15) is 11.5 Å². The first-order valence-electron chi connectivity index (χ1n) is 4.93. The van der Waals surface area contributed by atoms with Gasteiger partial charge < -0.3 is 9.47 Å². The maximum Gasteiger partial charge on any atom is 0.573 e. The number of rotatable bonds is 3. The third-order valence-electron chi connectivity index (χ3n) is 1.84. The van der Waals surface area contributed by atoms with Crippen molar-refractivity contribution in [2.75, 3.05) is 0 Å². The molecule has 0 spiro atoms. The molecule has 0 atom stereocenters. The summed E-state index contributed by atoms with van der Waals surface area (Å²) in [6.45, 7) is 0. The van der Waals surface area contributed by atoms with Crippen LogP contribution in [-0.2, 0) is 0 Å². The molecule has 0 aliphatic heterocycles. The highest BCUT2D eigenvalue weighted by Gasteiger charge is 2.31. The molecule has 4 nitrogen and oxygen atoms in total. The molecule has 0 unspecified atom stereocenters. The molecule has 100 valence electrons. The smallest absolute Gasteiger partial charge is 0.424 e. The lowest BCUT2D eigenvalue weighted by Crippen LogP contribution is -2.17. The van der Waals surface area contributed by atoms with Crippen LogP contribution in [0, 0.1) is 0 Å². The number of nitrogens with zero attached hydrogens (tertiary/aromatic N) is 2. The Labute approximate surface area is 114 Å². The van der Waals surface area contributed by atoms with E-state index in [-0.39, 0.29) is 17.5 Å². The van der Waals surface area contributed by atoms with Crippen molar-refractivity contribution in [3.63, 3.8) is 0 Å². The van der Waals surface area contributed by atoms with Crippen LogP contribution in [0.5, 0.6) is 17.5 Å². The van der Waals surface area contributed by atoms with Crippen LogP contribution in [0.3, 0.4) is 0 Å². The first kappa shape index (κ1) is 13.6. The molecule has 0 saturated heterocycles. The van der Waals surface area contributed by atoms with Gasteiger partial charge in [0.15, 0.2) is 0 Å². The zero-order valence-corrected chi connectivity index (χ0v) is 10.8. The van der Waals surface area contributed by atoms with E-state index in [1.807, 2.05) is 0 Å². The Morgan fingerprint density at radius 1 is 1.05 bits per heavy atom. The lowest BCUT2D eigenvalue weighted by Gasteiger charge is -2.09. The molecule has 0 radical (unpaired) electrons. The van der Waals surface area contributed by atoms with Gasteiger partial charge in [0.25, 0.3) is 0 Å². The topological polar surface area (TPSA) is 44.2 Å². The average molecular weight is 335 g/mol. The third-order valence-corrected chi connectivity index (χ3v) is 2.25. The summed E-state index contributed by atoms with van der Waals surface area (Å²) < 4.78 is 45.8. The lowest BCUT2D eigenvalue weighted by atomic mass is 10.3. The van der Waals surface area contributed by atoms with Crippen LogP contribution >= 0.6 is 15.9 Å². The maximum absolute atomic E-state index is 12.1. The van der Waals surface area contributed by atoms with E-state index >= 15 is 0 Å². The van der Waals surface area contributed by atoms with Gasteiger partial charge in [-0.15, -0.1) is 13.2 Å². The number of halogens is 4. The maximum atomic E-state index is 12.1. The molecule has 2 aromatic rings. The summed E-state index contributed by atoms with van der Waals surface area (Å²) in [5, 5.41) is 0. The average Bonchev–Trinajstić information content (AvgIpc) is 2.30. The van der Waals surface area contributed by atoms with Crippen molar-refractivity contribution in [2.24, 2.45) is 0 Å². The minimum atomic E-state index is -4.74. The van der Waals surface area contributed by atoms with E-state index in [1.165, 1.54) is 30.6 Å². The second-order valence-corrected chi connectivity index (χ2v) is 4.22. The van der Waals surface area contributed by atoms with Gasteiger partial charge in [-0.25, -0.2) is 9.97 Å². The highest BCUT2D eigenvalue weighted by molar-refractivity contribution is 9.10. The first-order valence-corrected chi connectivity index (χ1v) is 5.73. The van der Waals surface area contributed by atoms with Crippen LogP contribution < -0.4 is 9.47 Å². The Morgan fingerprint density at radius 3 is 2.32 bits per heavy atom. The second-order valence-electron chi connectivity index (χ2n) is 3.31. The van der Waals surface area contributed by atoms with Crippen LogP contribution in [0.15, 0.2) is 41.1 Å². The van der Waals surface area contributed by atoms with Crippen molar-refractivity contribution >= 4 is 15.9 Å². The van der Waals surface area contributed by atoms with Gasteiger partial charge in [-0.2, -0.15) is 0 Å². The van der Waals surface area contributed by atoms with E-state index < -0.39 is 6.36 Å². The van der Waals surface area contributed by atoms with Crippen LogP contribution in [-0.4, -0.2) is 16.3 Å². The zero-order chi connectivity index (χ0) is 13.9. The van der Waals surface area contributed by atoms with Gasteiger partial charge in [-0.1, -0.05) is 6.07 Å². The molecule has 0 saturated carbocycles. The summed E-state index contributed by atoms with van der Waals surface area (Å²) in [5.74, 6) is -0.230. The molecule has 0 bridgehead atoms. The van der Waals surface area contributed by atoms with Crippen molar-refractivity contribution in [3.05, 3.63) is 41.1 Å². The highest BCUT2D eigenvalue weighted by atomic mass is 79.9. The molecular weight excluding hydrogens is 329 g/mol.